The summed E-state index contributed by atoms with van der Waals surface area (Å²) in [6.07, 6.45) is 0. The van der Waals surface area contributed by atoms with Gasteiger partial charge in [0.1, 0.15) is 10.5 Å². The van der Waals surface area contributed by atoms with E-state index in [0.717, 1.165) is 0 Å². The number of halogens is 2. The Balaban J connectivity index is 2.76. The van der Waals surface area contributed by atoms with Gasteiger partial charge in [-0.2, -0.15) is 0 Å². The molecule has 2 aromatic rings. The van der Waals surface area contributed by atoms with Crippen molar-refractivity contribution in [2.24, 2.45) is 0 Å². The summed E-state index contributed by atoms with van der Waals surface area (Å²) < 4.78 is 5.51. The van der Waals surface area contributed by atoms with Crippen molar-refractivity contribution in [2.75, 3.05) is 5.73 Å². The van der Waals surface area contributed by atoms with Crippen molar-refractivity contribution in [1.82, 2.24) is 4.98 Å². The number of fused-ring (bicyclic) bond motifs is 1. The number of oxazole rings is 1. The standard InChI is InChI=1S/C10H10Cl2N2O/c1-4(2)10-14-6-3-5(13)7(11)8(12)9(6)15-10/h3-4H,13H2,1-2H3. The molecule has 0 saturated carbocycles. The highest BCUT2D eigenvalue weighted by Crippen LogP contribution is 2.36. The van der Waals surface area contributed by atoms with Crippen molar-refractivity contribution in [1.29, 1.82) is 0 Å². The molecule has 80 valence electrons. The van der Waals surface area contributed by atoms with Crippen LogP contribution in [0.5, 0.6) is 0 Å². The van der Waals surface area contributed by atoms with Gasteiger partial charge in [-0.1, -0.05) is 37.0 Å². The van der Waals surface area contributed by atoms with Crippen LogP contribution in [0.3, 0.4) is 0 Å². The highest BCUT2D eigenvalue weighted by molar-refractivity contribution is 6.46. The van der Waals surface area contributed by atoms with Crippen LogP contribution in [0, 0.1) is 0 Å². The van der Waals surface area contributed by atoms with E-state index in [-0.39, 0.29) is 5.92 Å². The zero-order valence-electron chi connectivity index (χ0n) is 8.34. The minimum Gasteiger partial charge on any atom is -0.439 e. The number of nitrogen functional groups attached to an aromatic ring is 1. The predicted octanol–water partition coefficient (Wildman–Crippen LogP) is 3.84. The van der Waals surface area contributed by atoms with E-state index in [4.69, 9.17) is 33.4 Å². The average molecular weight is 245 g/mol. The first-order valence-electron chi connectivity index (χ1n) is 4.54. The Kier molecular flexibility index (Phi) is 2.52. The summed E-state index contributed by atoms with van der Waals surface area (Å²) >= 11 is 11.9. The van der Waals surface area contributed by atoms with Gasteiger partial charge in [-0.05, 0) is 6.07 Å². The second-order valence-corrected chi connectivity index (χ2v) is 4.40. The molecule has 2 N–H and O–H groups in total. The molecule has 0 radical (unpaired) electrons. The van der Waals surface area contributed by atoms with Crippen molar-refractivity contribution in [2.45, 2.75) is 19.8 Å². The molecule has 0 bridgehead atoms. The summed E-state index contributed by atoms with van der Waals surface area (Å²) in [5, 5.41) is 0.640. The Morgan fingerprint density at radius 1 is 1.33 bits per heavy atom. The number of benzene rings is 1. The number of nitrogens with two attached hydrogens (primary N) is 1. The van der Waals surface area contributed by atoms with Gasteiger partial charge in [-0.3, -0.25) is 0 Å². The van der Waals surface area contributed by atoms with E-state index in [1.807, 2.05) is 13.8 Å². The fourth-order valence-corrected chi connectivity index (χ4v) is 1.67. The van der Waals surface area contributed by atoms with E-state index < -0.39 is 0 Å². The van der Waals surface area contributed by atoms with Gasteiger partial charge in [0.25, 0.3) is 0 Å². The summed E-state index contributed by atoms with van der Waals surface area (Å²) in [4.78, 5) is 4.29. The van der Waals surface area contributed by atoms with Gasteiger partial charge >= 0.3 is 0 Å². The molecule has 1 aromatic carbocycles. The van der Waals surface area contributed by atoms with Gasteiger partial charge in [0.15, 0.2) is 11.5 Å². The van der Waals surface area contributed by atoms with E-state index in [0.29, 0.717) is 32.7 Å². The Labute approximate surface area is 97.2 Å². The molecule has 0 aliphatic heterocycles. The van der Waals surface area contributed by atoms with Crippen molar-refractivity contribution < 1.29 is 4.42 Å². The van der Waals surface area contributed by atoms with Crippen LogP contribution >= 0.6 is 23.2 Å². The molecule has 2 rings (SSSR count). The third-order valence-electron chi connectivity index (χ3n) is 2.10. The summed E-state index contributed by atoms with van der Waals surface area (Å²) in [7, 11) is 0. The van der Waals surface area contributed by atoms with E-state index in [9.17, 15) is 0 Å². The third-order valence-corrected chi connectivity index (χ3v) is 2.97. The van der Waals surface area contributed by atoms with Gasteiger partial charge in [0, 0.05) is 5.92 Å². The van der Waals surface area contributed by atoms with Crippen LogP contribution in [-0.4, -0.2) is 4.98 Å². The lowest BCUT2D eigenvalue weighted by atomic mass is 10.2. The quantitative estimate of drug-likeness (QED) is 0.776. The van der Waals surface area contributed by atoms with Crippen LogP contribution < -0.4 is 5.73 Å². The fraction of sp³-hybridized carbons (Fsp3) is 0.300. The Morgan fingerprint density at radius 2 is 2.00 bits per heavy atom. The van der Waals surface area contributed by atoms with E-state index in [2.05, 4.69) is 4.98 Å². The lowest BCUT2D eigenvalue weighted by molar-refractivity contribution is 0.501. The summed E-state index contributed by atoms with van der Waals surface area (Å²) in [6, 6.07) is 1.67. The molecule has 0 spiro atoms. The zero-order chi connectivity index (χ0) is 11.2. The average Bonchev–Trinajstić information content (AvgIpc) is 2.58. The van der Waals surface area contributed by atoms with Crippen LogP contribution in [0.4, 0.5) is 5.69 Å². The van der Waals surface area contributed by atoms with Gasteiger partial charge < -0.3 is 10.2 Å². The lowest BCUT2D eigenvalue weighted by Crippen LogP contribution is -1.87. The van der Waals surface area contributed by atoms with Gasteiger partial charge in [0.05, 0.1) is 10.7 Å². The van der Waals surface area contributed by atoms with Crippen molar-refractivity contribution >= 4 is 40.0 Å². The van der Waals surface area contributed by atoms with E-state index in [1.165, 1.54) is 0 Å². The van der Waals surface area contributed by atoms with E-state index in [1.54, 1.807) is 6.07 Å². The van der Waals surface area contributed by atoms with Crippen LogP contribution in [-0.2, 0) is 0 Å². The minimum atomic E-state index is 0.202. The monoisotopic (exact) mass is 244 g/mol. The smallest absolute Gasteiger partial charge is 0.198 e. The van der Waals surface area contributed by atoms with Crippen LogP contribution in [0.25, 0.3) is 11.1 Å². The SMILES string of the molecule is CC(C)c1nc2cc(N)c(Cl)c(Cl)c2o1. The highest BCUT2D eigenvalue weighted by Gasteiger charge is 2.16. The van der Waals surface area contributed by atoms with Crippen LogP contribution in [0.15, 0.2) is 10.5 Å². The maximum absolute atomic E-state index is 6.00. The van der Waals surface area contributed by atoms with Crippen molar-refractivity contribution in [3.8, 4) is 0 Å². The number of nitrogens with zero attached hydrogens (tertiary/aromatic N) is 1. The number of anilines is 1. The molecule has 0 aliphatic carbocycles. The normalized spacial score (nSPS) is 11.5. The topological polar surface area (TPSA) is 52.0 Å². The van der Waals surface area contributed by atoms with Gasteiger partial charge in [0.2, 0.25) is 0 Å². The number of hydrogen-bond acceptors (Lipinski definition) is 3. The second-order valence-electron chi connectivity index (χ2n) is 3.65. The molecule has 0 amide bonds. The largest absolute Gasteiger partial charge is 0.439 e. The molecular formula is C10H10Cl2N2O. The Bertz CT molecular complexity index is 520. The summed E-state index contributed by atoms with van der Waals surface area (Å²) in [5.41, 5.74) is 7.23. The lowest BCUT2D eigenvalue weighted by Gasteiger charge is -1.99. The second kappa shape index (κ2) is 3.58. The number of aromatic nitrogens is 1. The van der Waals surface area contributed by atoms with Crippen molar-refractivity contribution in [3.63, 3.8) is 0 Å². The van der Waals surface area contributed by atoms with E-state index >= 15 is 0 Å². The van der Waals surface area contributed by atoms with Crippen molar-refractivity contribution in [3.05, 3.63) is 22.0 Å². The van der Waals surface area contributed by atoms with Gasteiger partial charge in [-0.15, -0.1) is 0 Å². The molecule has 0 unspecified atom stereocenters. The Morgan fingerprint density at radius 3 is 2.60 bits per heavy atom. The summed E-state index contributed by atoms with van der Waals surface area (Å²) in [6.45, 7) is 3.98. The molecule has 5 heteroatoms. The molecule has 1 aromatic heterocycles. The molecule has 0 saturated heterocycles. The first-order valence-corrected chi connectivity index (χ1v) is 5.30. The molecule has 15 heavy (non-hydrogen) atoms. The molecule has 3 nitrogen and oxygen atoms in total. The minimum absolute atomic E-state index is 0.202. The molecule has 1 heterocycles. The number of hydrogen-bond donors (Lipinski definition) is 1. The maximum atomic E-state index is 6.00. The predicted molar refractivity (Wildman–Crippen MR) is 62.5 cm³/mol. The highest BCUT2D eigenvalue weighted by atomic mass is 35.5. The fourth-order valence-electron chi connectivity index (χ4n) is 1.29. The molecule has 0 atom stereocenters. The molecule has 0 fully saturated rings. The first-order chi connectivity index (χ1) is 7.00. The Hall–Kier alpha value is -0.930. The summed E-state index contributed by atoms with van der Waals surface area (Å²) in [5.74, 6) is 0.835. The van der Waals surface area contributed by atoms with Crippen LogP contribution in [0.1, 0.15) is 25.7 Å². The zero-order valence-corrected chi connectivity index (χ0v) is 9.86. The first kappa shape index (κ1) is 10.6. The molecular weight excluding hydrogens is 235 g/mol. The maximum Gasteiger partial charge on any atom is 0.198 e. The van der Waals surface area contributed by atoms with Crippen LogP contribution in [0.2, 0.25) is 10.0 Å². The van der Waals surface area contributed by atoms with Gasteiger partial charge in [-0.25, -0.2) is 4.98 Å². The molecule has 0 aliphatic rings. The number of rotatable bonds is 1. The third kappa shape index (κ3) is 1.66.